The maximum absolute atomic E-state index is 13.4. The van der Waals surface area contributed by atoms with Gasteiger partial charge in [-0.3, -0.25) is 19.7 Å². The van der Waals surface area contributed by atoms with Gasteiger partial charge in [-0.15, -0.1) is 0 Å². The van der Waals surface area contributed by atoms with E-state index in [0.29, 0.717) is 6.07 Å². The summed E-state index contributed by atoms with van der Waals surface area (Å²) in [7, 11) is 0. The number of hydrogen-bond donors (Lipinski definition) is 2. The van der Waals surface area contributed by atoms with Crippen LogP contribution in [0.1, 0.15) is 17.3 Å². The number of nitro groups is 1. The Labute approximate surface area is 105 Å². The Hall–Kier alpha value is -2.58. The van der Waals surface area contributed by atoms with Gasteiger partial charge >= 0.3 is 11.7 Å². The van der Waals surface area contributed by atoms with E-state index >= 15 is 0 Å². The zero-order chi connectivity index (χ0) is 14.7. The Morgan fingerprint density at radius 1 is 1.37 bits per heavy atom. The molecule has 0 aliphatic carbocycles. The molecule has 1 amide bonds. The number of aliphatic carboxylic acids is 1. The van der Waals surface area contributed by atoms with Crippen LogP contribution in [-0.2, 0) is 4.79 Å². The molecule has 0 heterocycles. The Morgan fingerprint density at radius 2 is 1.95 bits per heavy atom. The highest BCUT2D eigenvalue weighted by atomic mass is 19.1. The molecule has 102 valence electrons. The van der Waals surface area contributed by atoms with E-state index in [1.165, 1.54) is 0 Å². The minimum absolute atomic E-state index is 0.260. The summed E-state index contributed by atoms with van der Waals surface area (Å²) in [6.45, 7) is 1.12. The zero-order valence-electron chi connectivity index (χ0n) is 9.52. The first-order valence-electron chi connectivity index (χ1n) is 4.91. The number of amides is 1. The first-order valence-corrected chi connectivity index (χ1v) is 4.91. The second kappa shape index (κ2) is 5.38. The summed E-state index contributed by atoms with van der Waals surface area (Å²) in [4.78, 5) is 31.2. The Kier molecular flexibility index (Phi) is 4.10. The molecule has 0 spiro atoms. The van der Waals surface area contributed by atoms with E-state index in [-0.39, 0.29) is 6.07 Å². The van der Waals surface area contributed by atoms with E-state index in [1.807, 2.05) is 5.32 Å². The number of hydrogen-bond acceptors (Lipinski definition) is 4. The van der Waals surface area contributed by atoms with E-state index in [1.54, 1.807) is 0 Å². The third-order valence-electron chi connectivity index (χ3n) is 2.20. The number of carboxylic acids is 1. The van der Waals surface area contributed by atoms with Gasteiger partial charge in [-0.25, -0.2) is 4.39 Å². The summed E-state index contributed by atoms with van der Waals surface area (Å²) in [5.41, 5.74) is -1.92. The molecule has 1 atom stereocenters. The predicted molar refractivity (Wildman–Crippen MR) is 57.6 cm³/mol. The quantitative estimate of drug-likeness (QED) is 0.630. The Morgan fingerprint density at radius 3 is 2.42 bits per heavy atom. The fourth-order valence-electron chi connectivity index (χ4n) is 1.19. The van der Waals surface area contributed by atoms with Crippen LogP contribution in [0.3, 0.4) is 0 Å². The lowest BCUT2D eigenvalue weighted by Gasteiger charge is -2.09. The van der Waals surface area contributed by atoms with Gasteiger partial charge in [0.25, 0.3) is 5.91 Å². The molecule has 19 heavy (non-hydrogen) atoms. The number of rotatable bonds is 4. The normalized spacial score (nSPS) is 11.7. The van der Waals surface area contributed by atoms with Crippen LogP contribution >= 0.6 is 0 Å². The van der Waals surface area contributed by atoms with Crippen LogP contribution in [0.15, 0.2) is 12.1 Å². The van der Waals surface area contributed by atoms with Crippen molar-refractivity contribution >= 4 is 17.6 Å². The van der Waals surface area contributed by atoms with Crippen LogP contribution in [0.25, 0.3) is 0 Å². The van der Waals surface area contributed by atoms with Gasteiger partial charge in [0.1, 0.15) is 11.9 Å². The maximum Gasteiger partial charge on any atom is 0.325 e. The van der Waals surface area contributed by atoms with Crippen LogP contribution in [0, 0.1) is 21.7 Å². The highest BCUT2D eigenvalue weighted by molar-refractivity contribution is 5.96. The average molecular weight is 274 g/mol. The van der Waals surface area contributed by atoms with Gasteiger partial charge in [0, 0.05) is 0 Å². The lowest BCUT2D eigenvalue weighted by Crippen LogP contribution is -2.38. The lowest BCUT2D eigenvalue weighted by molar-refractivity contribution is -0.387. The fourth-order valence-corrected chi connectivity index (χ4v) is 1.19. The molecule has 0 saturated heterocycles. The molecule has 2 N–H and O–H groups in total. The third kappa shape index (κ3) is 3.21. The number of halogens is 2. The lowest BCUT2D eigenvalue weighted by atomic mass is 10.1. The molecular weight excluding hydrogens is 266 g/mol. The minimum atomic E-state index is -1.39. The topological polar surface area (TPSA) is 110 Å². The summed E-state index contributed by atoms with van der Waals surface area (Å²) in [5.74, 6) is -5.25. The summed E-state index contributed by atoms with van der Waals surface area (Å²) in [5, 5.41) is 20.8. The molecule has 7 nitrogen and oxygen atoms in total. The van der Waals surface area contributed by atoms with Crippen molar-refractivity contribution in [3.63, 3.8) is 0 Å². The Bertz CT molecular complexity index is 561. The van der Waals surface area contributed by atoms with Gasteiger partial charge in [0.15, 0.2) is 0 Å². The molecule has 0 aromatic heterocycles. The summed E-state index contributed by atoms with van der Waals surface area (Å²) < 4.78 is 26.6. The highest BCUT2D eigenvalue weighted by Gasteiger charge is 2.23. The molecule has 0 fully saturated rings. The SMILES string of the molecule is CC(NC(=O)c1cc(F)c([N+](=O)[O-])cc1F)C(=O)O. The van der Waals surface area contributed by atoms with Crippen LogP contribution in [-0.4, -0.2) is 27.9 Å². The maximum atomic E-state index is 13.4. The summed E-state index contributed by atoms with van der Waals surface area (Å²) in [6.07, 6.45) is 0. The molecule has 0 bridgehead atoms. The first kappa shape index (κ1) is 14.5. The van der Waals surface area contributed by atoms with E-state index in [0.717, 1.165) is 6.92 Å². The van der Waals surface area contributed by atoms with E-state index in [4.69, 9.17) is 5.11 Å². The minimum Gasteiger partial charge on any atom is -0.480 e. The standard InChI is InChI=1S/C10H8F2N2O5/c1-4(10(16)17)13-9(15)5-2-7(12)8(14(18)19)3-6(5)11/h2-4H,1H3,(H,13,15)(H,16,17). The van der Waals surface area contributed by atoms with E-state index in [2.05, 4.69) is 0 Å². The van der Waals surface area contributed by atoms with Gasteiger partial charge in [-0.2, -0.15) is 4.39 Å². The summed E-state index contributed by atoms with van der Waals surface area (Å²) >= 11 is 0. The second-order valence-corrected chi connectivity index (χ2v) is 3.57. The molecule has 0 aliphatic heterocycles. The van der Waals surface area contributed by atoms with Gasteiger partial charge in [-0.05, 0) is 13.0 Å². The number of carbonyl (C=O) groups excluding carboxylic acids is 1. The van der Waals surface area contributed by atoms with Crippen LogP contribution < -0.4 is 5.32 Å². The average Bonchev–Trinajstić information content (AvgIpc) is 2.30. The van der Waals surface area contributed by atoms with Crippen molar-refractivity contribution in [1.82, 2.24) is 5.32 Å². The van der Waals surface area contributed by atoms with Crippen molar-refractivity contribution in [3.05, 3.63) is 39.4 Å². The van der Waals surface area contributed by atoms with Crippen LogP contribution in [0.5, 0.6) is 0 Å². The number of carboxylic acid groups (broad SMARTS) is 1. The molecule has 0 radical (unpaired) electrons. The van der Waals surface area contributed by atoms with Gasteiger partial charge < -0.3 is 10.4 Å². The zero-order valence-corrected chi connectivity index (χ0v) is 9.52. The van der Waals surface area contributed by atoms with Crippen LogP contribution in [0.4, 0.5) is 14.5 Å². The molecule has 9 heteroatoms. The monoisotopic (exact) mass is 274 g/mol. The number of nitrogens with one attached hydrogen (secondary N) is 1. The van der Waals surface area contributed by atoms with Crippen molar-refractivity contribution in [2.24, 2.45) is 0 Å². The van der Waals surface area contributed by atoms with Gasteiger partial charge in [0.05, 0.1) is 16.6 Å². The summed E-state index contributed by atoms with van der Waals surface area (Å²) in [6, 6.07) is -0.710. The fraction of sp³-hybridized carbons (Fsp3) is 0.200. The molecule has 1 aromatic rings. The van der Waals surface area contributed by atoms with Crippen LogP contribution in [0.2, 0.25) is 0 Å². The number of nitro benzene ring substituents is 1. The van der Waals surface area contributed by atoms with Crippen molar-refractivity contribution in [2.45, 2.75) is 13.0 Å². The molecule has 0 saturated carbocycles. The number of carbonyl (C=O) groups is 2. The molecule has 1 rings (SSSR count). The molecule has 0 aliphatic rings. The number of nitrogens with zero attached hydrogens (tertiary/aromatic N) is 1. The third-order valence-corrected chi connectivity index (χ3v) is 2.20. The predicted octanol–water partition coefficient (Wildman–Crippen LogP) is 1.08. The number of benzene rings is 1. The van der Waals surface area contributed by atoms with Crippen molar-refractivity contribution < 1.29 is 28.4 Å². The first-order chi connectivity index (χ1) is 8.73. The second-order valence-electron chi connectivity index (χ2n) is 3.57. The molecule has 1 aromatic carbocycles. The van der Waals surface area contributed by atoms with Crippen molar-refractivity contribution in [3.8, 4) is 0 Å². The van der Waals surface area contributed by atoms with Gasteiger partial charge in [-0.1, -0.05) is 0 Å². The van der Waals surface area contributed by atoms with E-state index < -0.39 is 45.7 Å². The van der Waals surface area contributed by atoms with E-state index in [9.17, 15) is 28.5 Å². The van der Waals surface area contributed by atoms with Gasteiger partial charge in [0.2, 0.25) is 5.82 Å². The van der Waals surface area contributed by atoms with Crippen molar-refractivity contribution in [1.29, 1.82) is 0 Å². The van der Waals surface area contributed by atoms with Crippen molar-refractivity contribution in [2.75, 3.05) is 0 Å². The Balaban J connectivity index is 3.08. The molecular formula is C10H8F2N2O5. The smallest absolute Gasteiger partial charge is 0.325 e. The largest absolute Gasteiger partial charge is 0.480 e. The molecule has 1 unspecified atom stereocenters. The highest BCUT2D eigenvalue weighted by Crippen LogP contribution is 2.21.